The summed E-state index contributed by atoms with van der Waals surface area (Å²) in [6.07, 6.45) is 6.77. The van der Waals surface area contributed by atoms with E-state index in [2.05, 4.69) is 20.5 Å². The average Bonchev–Trinajstić information content (AvgIpc) is 2.99. The van der Waals surface area contributed by atoms with Crippen molar-refractivity contribution in [2.75, 3.05) is 36.4 Å². The number of carbonyl (C=O) groups is 3. The summed E-state index contributed by atoms with van der Waals surface area (Å²) in [6, 6.07) is 18.2. The third kappa shape index (κ3) is 6.43. The first-order valence-electron chi connectivity index (χ1n) is 13.5. The van der Waals surface area contributed by atoms with Crippen LogP contribution in [0, 0.1) is 0 Å². The van der Waals surface area contributed by atoms with E-state index in [-0.39, 0.29) is 29.8 Å². The highest BCUT2D eigenvalue weighted by molar-refractivity contribution is 6.07. The zero-order chi connectivity index (χ0) is 27.2. The molecule has 9 heteroatoms. The Bertz CT molecular complexity index is 1300. The van der Waals surface area contributed by atoms with Crippen molar-refractivity contribution in [2.45, 2.75) is 37.8 Å². The van der Waals surface area contributed by atoms with Gasteiger partial charge in [0.1, 0.15) is 0 Å². The van der Waals surface area contributed by atoms with E-state index < -0.39 is 0 Å². The number of carbonyl (C=O) groups excluding carboxylic acids is 3. The Labute approximate surface area is 228 Å². The van der Waals surface area contributed by atoms with Crippen molar-refractivity contribution in [3.05, 3.63) is 89.7 Å². The van der Waals surface area contributed by atoms with Crippen LogP contribution in [0.25, 0.3) is 0 Å². The van der Waals surface area contributed by atoms with Gasteiger partial charge in [0.25, 0.3) is 17.7 Å². The average molecular weight is 527 g/mol. The minimum Gasteiger partial charge on any atom is -0.366 e. The lowest BCUT2D eigenvalue weighted by Gasteiger charge is -2.37. The summed E-state index contributed by atoms with van der Waals surface area (Å²) in [6.45, 7) is 2.27. The van der Waals surface area contributed by atoms with E-state index in [9.17, 15) is 14.4 Å². The summed E-state index contributed by atoms with van der Waals surface area (Å²) < 4.78 is 0. The van der Waals surface area contributed by atoms with Crippen LogP contribution in [-0.4, -0.2) is 65.9 Å². The van der Waals surface area contributed by atoms with Gasteiger partial charge in [-0.2, -0.15) is 0 Å². The summed E-state index contributed by atoms with van der Waals surface area (Å²) in [5, 5.41) is 6.16. The largest absolute Gasteiger partial charge is 0.366 e. The predicted octanol–water partition coefficient (Wildman–Crippen LogP) is 3.30. The third-order valence-corrected chi connectivity index (χ3v) is 7.48. The number of rotatable bonds is 6. The van der Waals surface area contributed by atoms with Crippen LogP contribution in [0.15, 0.2) is 73.1 Å². The van der Waals surface area contributed by atoms with E-state index >= 15 is 0 Å². The maximum atomic E-state index is 13.1. The van der Waals surface area contributed by atoms with E-state index in [1.165, 1.54) is 0 Å². The smallest absolute Gasteiger partial charge is 0.255 e. The summed E-state index contributed by atoms with van der Waals surface area (Å²) in [7, 11) is 0. The highest BCUT2D eigenvalue weighted by Crippen LogP contribution is 2.30. The molecule has 2 fully saturated rings. The molecule has 5 rings (SSSR count). The molecule has 1 aromatic heterocycles. The van der Waals surface area contributed by atoms with Gasteiger partial charge in [-0.3, -0.25) is 19.4 Å². The molecule has 2 heterocycles. The Morgan fingerprint density at radius 3 is 2.15 bits per heavy atom. The zero-order valence-corrected chi connectivity index (χ0v) is 21.9. The van der Waals surface area contributed by atoms with E-state index in [0.717, 1.165) is 31.4 Å². The molecule has 2 aliphatic rings. The van der Waals surface area contributed by atoms with Gasteiger partial charge in [-0.25, -0.2) is 0 Å². The fraction of sp³-hybridized carbons (Fsp3) is 0.333. The van der Waals surface area contributed by atoms with E-state index in [4.69, 9.17) is 5.73 Å². The molecule has 4 N–H and O–H groups in total. The van der Waals surface area contributed by atoms with Crippen LogP contribution in [-0.2, 0) is 0 Å². The standard InChI is InChI=1S/C30H34N6O3/c31-24-7-9-25(10-8-24)33-29(38)23-6-11-27(26(20-23)34-28(37)21-4-2-1-3-5-21)35-16-18-36(19-17-35)30(39)22-12-14-32-15-13-22/h1-6,11-15,20,24-25H,7-10,16-19,31H2,(H,33,38)(H,34,37). The van der Waals surface area contributed by atoms with E-state index in [1.807, 2.05) is 29.2 Å². The van der Waals surface area contributed by atoms with Gasteiger partial charge in [-0.15, -0.1) is 0 Å². The zero-order valence-electron chi connectivity index (χ0n) is 21.9. The van der Waals surface area contributed by atoms with Crippen molar-refractivity contribution in [3.8, 4) is 0 Å². The van der Waals surface area contributed by atoms with Crippen molar-refractivity contribution >= 4 is 29.1 Å². The van der Waals surface area contributed by atoms with Gasteiger partial charge in [-0.05, 0) is 68.1 Å². The van der Waals surface area contributed by atoms with Crippen molar-refractivity contribution < 1.29 is 14.4 Å². The molecule has 0 unspecified atom stereocenters. The number of hydrogen-bond donors (Lipinski definition) is 3. The molecule has 1 aliphatic heterocycles. The number of nitrogens with one attached hydrogen (secondary N) is 2. The van der Waals surface area contributed by atoms with Crippen LogP contribution in [0.5, 0.6) is 0 Å². The summed E-state index contributed by atoms with van der Waals surface area (Å²) in [5.74, 6) is -0.433. The van der Waals surface area contributed by atoms with Crippen LogP contribution >= 0.6 is 0 Å². The number of hydrogen-bond acceptors (Lipinski definition) is 6. The fourth-order valence-electron chi connectivity index (χ4n) is 5.20. The molecule has 1 saturated carbocycles. The van der Waals surface area contributed by atoms with Crippen LogP contribution in [0.2, 0.25) is 0 Å². The predicted molar refractivity (Wildman–Crippen MR) is 151 cm³/mol. The number of amides is 3. The van der Waals surface area contributed by atoms with Crippen LogP contribution < -0.4 is 21.3 Å². The molecular formula is C30H34N6O3. The molecule has 3 aromatic rings. The van der Waals surface area contributed by atoms with Gasteiger partial charge < -0.3 is 26.2 Å². The Morgan fingerprint density at radius 2 is 1.46 bits per heavy atom. The van der Waals surface area contributed by atoms with Gasteiger partial charge in [0.2, 0.25) is 0 Å². The first-order chi connectivity index (χ1) is 19.0. The lowest BCUT2D eigenvalue weighted by molar-refractivity contribution is 0.0746. The molecule has 1 aliphatic carbocycles. The minimum absolute atomic E-state index is 0.0228. The quantitative estimate of drug-likeness (QED) is 0.453. The second kappa shape index (κ2) is 12.1. The maximum absolute atomic E-state index is 13.1. The summed E-state index contributed by atoms with van der Waals surface area (Å²) in [5.41, 5.74) is 9.03. The summed E-state index contributed by atoms with van der Waals surface area (Å²) in [4.78, 5) is 47.0. The Morgan fingerprint density at radius 1 is 0.769 bits per heavy atom. The molecule has 9 nitrogen and oxygen atoms in total. The molecule has 0 bridgehead atoms. The van der Waals surface area contributed by atoms with Crippen molar-refractivity contribution in [1.29, 1.82) is 0 Å². The molecule has 0 radical (unpaired) electrons. The number of nitrogens with two attached hydrogens (primary N) is 1. The molecule has 202 valence electrons. The highest BCUT2D eigenvalue weighted by Gasteiger charge is 2.26. The van der Waals surface area contributed by atoms with Crippen LogP contribution in [0.3, 0.4) is 0 Å². The number of piperazine rings is 1. The molecule has 0 spiro atoms. The number of pyridine rings is 1. The second-order valence-corrected chi connectivity index (χ2v) is 10.2. The third-order valence-electron chi connectivity index (χ3n) is 7.48. The van der Waals surface area contributed by atoms with Crippen LogP contribution in [0.4, 0.5) is 11.4 Å². The van der Waals surface area contributed by atoms with Crippen LogP contribution in [0.1, 0.15) is 56.8 Å². The molecule has 3 amide bonds. The second-order valence-electron chi connectivity index (χ2n) is 10.2. The molecule has 39 heavy (non-hydrogen) atoms. The number of nitrogens with zero attached hydrogens (tertiary/aromatic N) is 3. The molecule has 2 aromatic carbocycles. The van der Waals surface area contributed by atoms with Crippen molar-refractivity contribution in [1.82, 2.24) is 15.2 Å². The summed E-state index contributed by atoms with van der Waals surface area (Å²) >= 11 is 0. The SMILES string of the molecule is NC1CCC(NC(=O)c2ccc(N3CCN(C(=O)c4ccncc4)CC3)c(NC(=O)c3ccccc3)c2)CC1. The lowest BCUT2D eigenvalue weighted by atomic mass is 9.91. The number of anilines is 2. The first kappa shape index (κ1) is 26.4. The molecule has 0 atom stereocenters. The van der Waals surface area contributed by atoms with Crippen molar-refractivity contribution in [2.24, 2.45) is 5.73 Å². The van der Waals surface area contributed by atoms with E-state index in [0.29, 0.717) is 48.6 Å². The maximum Gasteiger partial charge on any atom is 0.255 e. The minimum atomic E-state index is -0.248. The van der Waals surface area contributed by atoms with Gasteiger partial charge in [0.05, 0.1) is 11.4 Å². The number of benzene rings is 2. The normalized spacial score (nSPS) is 19.3. The lowest BCUT2D eigenvalue weighted by Crippen LogP contribution is -2.49. The first-order valence-corrected chi connectivity index (χ1v) is 13.5. The monoisotopic (exact) mass is 526 g/mol. The highest BCUT2D eigenvalue weighted by atomic mass is 16.2. The van der Waals surface area contributed by atoms with Gasteiger partial charge in [0, 0.05) is 67.3 Å². The van der Waals surface area contributed by atoms with Crippen molar-refractivity contribution in [3.63, 3.8) is 0 Å². The van der Waals surface area contributed by atoms with Gasteiger partial charge in [0.15, 0.2) is 0 Å². The Hall–Kier alpha value is -4.24. The Kier molecular flexibility index (Phi) is 8.17. The van der Waals surface area contributed by atoms with Gasteiger partial charge >= 0.3 is 0 Å². The fourth-order valence-corrected chi connectivity index (χ4v) is 5.20. The number of aromatic nitrogens is 1. The topological polar surface area (TPSA) is 121 Å². The molecular weight excluding hydrogens is 492 g/mol. The Balaban J connectivity index is 1.33. The molecule has 1 saturated heterocycles. The van der Waals surface area contributed by atoms with Gasteiger partial charge in [-0.1, -0.05) is 18.2 Å². The van der Waals surface area contributed by atoms with E-state index in [1.54, 1.807) is 48.8 Å².